The highest BCUT2D eigenvalue weighted by atomic mass is 16.5. The lowest BCUT2D eigenvalue weighted by Gasteiger charge is -2.07. The van der Waals surface area contributed by atoms with Crippen molar-refractivity contribution in [1.82, 2.24) is 14.8 Å². The standard InChI is InChI=1S/C29H25N3O4.C11H13NO/c1-20-26(30-28(36-20)22-8-4-2-5-9-22)16-17-35-24-14-12-21(13-15-24)18-27-25(29(33)34)19-32(31-27)23-10-6-3-7-11-23;1-9(8-12)7-10-3-5-11(13-2)6-4-10/h2-15,19H,16-18H2,1H3,(H,33,34);3-6,9H,7H2,1-2H3. The first-order valence-corrected chi connectivity index (χ1v) is 16.0. The number of nitrogens with zero attached hydrogens (tertiary/aromatic N) is 4. The van der Waals surface area contributed by atoms with Gasteiger partial charge in [-0.1, -0.05) is 60.7 Å². The molecule has 248 valence electrons. The number of hydrogen-bond donors (Lipinski definition) is 1. The molecule has 49 heavy (non-hydrogen) atoms. The number of para-hydroxylation sites is 1. The van der Waals surface area contributed by atoms with Crippen molar-refractivity contribution in [3.63, 3.8) is 0 Å². The number of hydrogen-bond acceptors (Lipinski definition) is 7. The first kappa shape index (κ1) is 34.2. The molecular formula is C40H38N4O5. The Morgan fingerprint density at radius 2 is 1.53 bits per heavy atom. The SMILES string of the molecule is COc1ccc(CC(C)C#N)cc1.Cc1oc(-c2ccccc2)nc1CCOc1ccc(Cc2nn(-c3ccccc3)cc2C(=O)O)cc1. The van der Waals surface area contributed by atoms with Gasteiger partial charge in [-0.05, 0) is 79.9 Å². The van der Waals surface area contributed by atoms with Gasteiger partial charge >= 0.3 is 5.97 Å². The van der Waals surface area contributed by atoms with Gasteiger partial charge in [-0.2, -0.15) is 10.4 Å². The fourth-order valence-electron chi connectivity index (χ4n) is 5.12. The van der Waals surface area contributed by atoms with Gasteiger partial charge in [0.05, 0.1) is 36.9 Å². The highest BCUT2D eigenvalue weighted by Gasteiger charge is 2.17. The molecule has 0 fully saturated rings. The van der Waals surface area contributed by atoms with E-state index in [4.69, 9.17) is 19.2 Å². The Kier molecular flexibility index (Phi) is 11.6. The van der Waals surface area contributed by atoms with Crippen LogP contribution in [0.4, 0.5) is 0 Å². The van der Waals surface area contributed by atoms with E-state index < -0.39 is 5.97 Å². The molecule has 0 aliphatic rings. The Morgan fingerprint density at radius 3 is 2.16 bits per heavy atom. The number of carboxylic acid groups (broad SMARTS) is 1. The molecule has 4 aromatic carbocycles. The lowest BCUT2D eigenvalue weighted by Crippen LogP contribution is -2.03. The van der Waals surface area contributed by atoms with E-state index in [2.05, 4.69) is 16.2 Å². The third kappa shape index (κ3) is 9.46. The molecule has 6 aromatic rings. The van der Waals surface area contributed by atoms with Crippen LogP contribution in [0.5, 0.6) is 11.5 Å². The second-order valence-corrected chi connectivity index (χ2v) is 11.5. The second-order valence-electron chi connectivity index (χ2n) is 11.5. The van der Waals surface area contributed by atoms with Crippen molar-refractivity contribution in [2.45, 2.75) is 33.1 Å². The molecule has 0 radical (unpaired) electrons. The zero-order valence-corrected chi connectivity index (χ0v) is 27.7. The number of aromatic nitrogens is 3. The Labute approximate surface area is 286 Å². The van der Waals surface area contributed by atoms with E-state index in [-0.39, 0.29) is 11.5 Å². The van der Waals surface area contributed by atoms with Crippen molar-refractivity contribution in [2.24, 2.45) is 5.92 Å². The number of ether oxygens (including phenoxy) is 2. The topological polar surface area (TPSA) is 123 Å². The van der Waals surface area contributed by atoms with Gasteiger partial charge in [0.2, 0.25) is 5.89 Å². The summed E-state index contributed by atoms with van der Waals surface area (Å²) in [6.45, 7) is 4.30. The van der Waals surface area contributed by atoms with Crippen molar-refractivity contribution < 1.29 is 23.8 Å². The first-order valence-electron chi connectivity index (χ1n) is 16.0. The van der Waals surface area contributed by atoms with Gasteiger partial charge in [0.15, 0.2) is 0 Å². The van der Waals surface area contributed by atoms with Gasteiger partial charge in [0, 0.05) is 30.5 Å². The van der Waals surface area contributed by atoms with E-state index in [9.17, 15) is 9.90 Å². The average molecular weight is 655 g/mol. The molecule has 0 aliphatic heterocycles. The normalized spacial score (nSPS) is 11.1. The quantitative estimate of drug-likeness (QED) is 0.140. The summed E-state index contributed by atoms with van der Waals surface area (Å²) in [6, 6.07) is 36.9. The van der Waals surface area contributed by atoms with E-state index >= 15 is 0 Å². The summed E-state index contributed by atoms with van der Waals surface area (Å²) in [7, 11) is 1.65. The van der Waals surface area contributed by atoms with Gasteiger partial charge in [-0.15, -0.1) is 0 Å². The Hall–Kier alpha value is -6.14. The summed E-state index contributed by atoms with van der Waals surface area (Å²) >= 11 is 0. The highest BCUT2D eigenvalue weighted by molar-refractivity contribution is 5.88. The molecule has 1 atom stereocenters. The lowest BCUT2D eigenvalue weighted by molar-refractivity contribution is 0.0696. The van der Waals surface area contributed by atoms with Gasteiger partial charge < -0.3 is 19.0 Å². The number of nitriles is 1. The van der Waals surface area contributed by atoms with Gasteiger partial charge in [0.25, 0.3) is 0 Å². The van der Waals surface area contributed by atoms with Crippen LogP contribution in [-0.4, -0.2) is 39.6 Å². The Bertz CT molecular complexity index is 1980. The maximum Gasteiger partial charge on any atom is 0.339 e. The van der Waals surface area contributed by atoms with E-state index in [1.807, 2.05) is 123 Å². The maximum absolute atomic E-state index is 11.8. The molecule has 2 aromatic heterocycles. The number of carboxylic acids is 1. The number of aromatic carboxylic acids is 1. The molecular weight excluding hydrogens is 616 g/mol. The number of rotatable bonds is 12. The van der Waals surface area contributed by atoms with Crippen molar-refractivity contribution >= 4 is 5.97 Å². The third-order valence-electron chi connectivity index (χ3n) is 7.78. The summed E-state index contributed by atoms with van der Waals surface area (Å²) in [5, 5.41) is 22.8. The monoisotopic (exact) mass is 654 g/mol. The van der Waals surface area contributed by atoms with E-state index in [0.29, 0.717) is 31.0 Å². The van der Waals surface area contributed by atoms with Crippen LogP contribution in [0.15, 0.2) is 120 Å². The van der Waals surface area contributed by atoms with Gasteiger partial charge in [-0.3, -0.25) is 0 Å². The van der Waals surface area contributed by atoms with Crippen molar-refractivity contribution in [3.8, 4) is 34.7 Å². The lowest BCUT2D eigenvalue weighted by atomic mass is 10.0. The van der Waals surface area contributed by atoms with Crippen LogP contribution in [0.1, 0.15) is 45.6 Å². The maximum atomic E-state index is 11.8. The molecule has 0 saturated heterocycles. The largest absolute Gasteiger partial charge is 0.497 e. The summed E-state index contributed by atoms with van der Waals surface area (Å²) in [6.07, 6.45) is 3.39. The van der Waals surface area contributed by atoms with Gasteiger partial charge in [-0.25, -0.2) is 14.5 Å². The Balaban J connectivity index is 0.000000304. The summed E-state index contributed by atoms with van der Waals surface area (Å²) in [5.41, 5.74) is 5.46. The third-order valence-corrected chi connectivity index (χ3v) is 7.78. The van der Waals surface area contributed by atoms with Crippen LogP contribution >= 0.6 is 0 Å². The zero-order valence-electron chi connectivity index (χ0n) is 27.7. The molecule has 0 spiro atoms. The molecule has 1 unspecified atom stereocenters. The number of benzene rings is 4. The van der Waals surface area contributed by atoms with Crippen LogP contribution < -0.4 is 9.47 Å². The predicted octanol–water partition coefficient (Wildman–Crippen LogP) is 8.14. The molecule has 6 rings (SSSR count). The van der Waals surface area contributed by atoms with Crippen molar-refractivity contribution in [2.75, 3.05) is 13.7 Å². The van der Waals surface area contributed by atoms with Crippen molar-refractivity contribution in [1.29, 1.82) is 5.26 Å². The molecule has 0 aliphatic carbocycles. The molecule has 0 bridgehead atoms. The summed E-state index contributed by atoms with van der Waals surface area (Å²) < 4.78 is 18.4. The highest BCUT2D eigenvalue weighted by Crippen LogP contribution is 2.23. The van der Waals surface area contributed by atoms with Crippen LogP contribution in [0.25, 0.3) is 17.1 Å². The number of methoxy groups -OCH3 is 1. The smallest absolute Gasteiger partial charge is 0.339 e. The van der Waals surface area contributed by atoms with Crippen LogP contribution in [-0.2, 0) is 19.3 Å². The average Bonchev–Trinajstić information content (AvgIpc) is 3.74. The summed E-state index contributed by atoms with van der Waals surface area (Å²) in [4.78, 5) is 16.4. The fraction of sp³-hybridized carbons (Fsp3) is 0.200. The van der Waals surface area contributed by atoms with Crippen LogP contribution in [0, 0.1) is 24.2 Å². The van der Waals surface area contributed by atoms with Gasteiger partial charge in [0.1, 0.15) is 22.8 Å². The minimum atomic E-state index is -0.995. The molecule has 9 heteroatoms. The fourth-order valence-corrected chi connectivity index (χ4v) is 5.12. The van der Waals surface area contributed by atoms with Crippen molar-refractivity contribution in [3.05, 3.63) is 149 Å². The van der Waals surface area contributed by atoms with Crippen LogP contribution in [0.3, 0.4) is 0 Å². The van der Waals surface area contributed by atoms with E-state index in [1.54, 1.807) is 18.0 Å². The number of aryl methyl sites for hydroxylation is 1. The minimum Gasteiger partial charge on any atom is -0.497 e. The molecule has 1 N–H and O–H groups in total. The summed E-state index contributed by atoms with van der Waals surface area (Å²) in [5.74, 6) is 2.07. The molecule has 9 nitrogen and oxygen atoms in total. The second kappa shape index (κ2) is 16.6. The number of oxazole rings is 1. The molecule has 0 saturated carbocycles. The minimum absolute atomic E-state index is 0.0772. The zero-order chi connectivity index (χ0) is 34.6. The Morgan fingerprint density at radius 1 is 0.898 bits per heavy atom. The van der Waals surface area contributed by atoms with E-state index in [1.165, 1.54) is 5.56 Å². The first-order chi connectivity index (χ1) is 23.8. The molecule has 0 amide bonds. The van der Waals surface area contributed by atoms with E-state index in [0.717, 1.165) is 46.2 Å². The predicted molar refractivity (Wildman–Crippen MR) is 187 cm³/mol. The number of carbonyl (C=O) groups is 1. The van der Waals surface area contributed by atoms with Crippen LogP contribution in [0.2, 0.25) is 0 Å². The molecule has 2 heterocycles.